The van der Waals surface area contributed by atoms with Gasteiger partial charge in [0.05, 0.1) is 17.3 Å². The van der Waals surface area contributed by atoms with Crippen molar-refractivity contribution < 1.29 is 32.3 Å². The zero-order valence-corrected chi connectivity index (χ0v) is 20.8. The summed E-state index contributed by atoms with van der Waals surface area (Å²) in [5.41, 5.74) is -0.883. The summed E-state index contributed by atoms with van der Waals surface area (Å²) in [6.07, 6.45) is -1.55. The molecule has 0 spiro atoms. The van der Waals surface area contributed by atoms with Crippen molar-refractivity contribution in [3.63, 3.8) is 0 Å². The van der Waals surface area contributed by atoms with Gasteiger partial charge in [-0.25, -0.2) is 4.98 Å². The molecule has 2 aromatic heterocycles. The van der Waals surface area contributed by atoms with Gasteiger partial charge in [-0.3, -0.25) is 19.1 Å². The first kappa shape index (κ1) is 26.9. The smallest absolute Gasteiger partial charge is 0.433 e. The molecule has 0 atom stereocenters. The normalized spacial score (nSPS) is 13.4. The summed E-state index contributed by atoms with van der Waals surface area (Å²) in [5.74, 6) is -0.786. The lowest BCUT2D eigenvalue weighted by Gasteiger charge is -2.15. The maximum absolute atomic E-state index is 13.0. The first-order chi connectivity index (χ1) is 18.0. The summed E-state index contributed by atoms with van der Waals surface area (Å²) >= 11 is 0. The first-order valence-corrected chi connectivity index (χ1v) is 12.1. The molecule has 3 aromatic rings. The molecule has 13 heteroatoms. The van der Waals surface area contributed by atoms with E-state index in [2.05, 4.69) is 26.0 Å². The molecule has 4 rings (SSSR count). The number of halogens is 3. The predicted octanol–water partition coefficient (Wildman–Crippen LogP) is 3.13. The summed E-state index contributed by atoms with van der Waals surface area (Å²) < 4.78 is 46.2. The summed E-state index contributed by atoms with van der Waals surface area (Å²) in [6.45, 7) is 4.09. The number of carbonyl (C=O) groups is 3. The molecular weight excluding hydrogens is 505 g/mol. The average molecular weight is 533 g/mol. The number of fused-ring (bicyclic) bond motifs is 1. The lowest BCUT2D eigenvalue weighted by atomic mass is 10.2. The number of anilines is 1. The van der Waals surface area contributed by atoms with Gasteiger partial charge in [0.2, 0.25) is 11.8 Å². The average Bonchev–Trinajstić information content (AvgIpc) is 3.63. The first-order valence-electron chi connectivity index (χ1n) is 12.1. The minimum absolute atomic E-state index is 0.00345. The van der Waals surface area contributed by atoms with Crippen molar-refractivity contribution in [1.29, 1.82) is 0 Å². The molecule has 0 unspecified atom stereocenters. The maximum atomic E-state index is 13.0. The largest absolute Gasteiger partial charge is 0.489 e. The number of benzene rings is 1. The van der Waals surface area contributed by atoms with E-state index in [1.807, 2.05) is 0 Å². The second-order valence-electron chi connectivity index (χ2n) is 9.18. The molecule has 0 aliphatic heterocycles. The van der Waals surface area contributed by atoms with Crippen molar-refractivity contribution in [1.82, 2.24) is 25.4 Å². The number of nitrogens with zero attached hydrogens (tertiary/aromatic N) is 3. The molecule has 1 aromatic carbocycles. The van der Waals surface area contributed by atoms with Gasteiger partial charge in [-0.15, -0.1) is 0 Å². The highest BCUT2D eigenvalue weighted by molar-refractivity contribution is 6.05. The summed E-state index contributed by atoms with van der Waals surface area (Å²) in [5, 5.41) is 13.0. The maximum Gasteiger partial charge on any atom is 0.433 e. The van der Waals surface area contributed by atoms with Gasteiger partial charge in [-0.2, -0.15) is 18.3 Å². The molecule has 0 radical (unpaired) electrons. The van der Waals surface area contributed by atoms with Crippen LogP contribution in [0.4, 0.5) is 18.9 Å². The molecule has 1 saturated carbocycles. The Bertz CT molecular complexity index is 1350. The monoisotopic (exact) mass is 532 g/mol. The Morgan fingerprint density at radius 3 is 2.55 bits per heavy atom. The molecule has 0 saturated heterocycles. The molecular formula is C25H27F3N6O4. The van der Waals surface area contributed by atoms with E-state index >= 15 is 0 Å². The number of amides is 3. The van der Waals surface area contributed by atoms with Crippen LogP contribution in [-0.2, 0) is 22.3 Å². The SMILES string of the molecule is CC(C)Oc1cc2nn(CC(=O)NCCNC(=O)C3CC3)cc2cc1NC(=O)c1cccc(C(F)(F)F)n1. The number of hydrogen-bond acceptors (Lipinski definition) is 6. The number of ether oxygens (including phenoxy) is 1. The number of pyridine rings is 1. The van der Waals surface area contributed by atoms with Crippen LogP contribution in [0.1, 0.15) is 42.9 Å². The Morgan fingerprint density at radius 2 is 1.87 bits per heavy atom. The van der Waals surface area contributed by atoms with Gasteiger partial charge in [-0.1, -0.05) is 6.07 Å². The second kappa shape index (κ2) is 11.1. The van der Waals surface area contributed by atoms with Gasteiger partial charge >= 0.3 is 6.18 Å². The van der Waals surface area contributed by atoms with Gasteiger partial charge < -0.3 is 20.7 Å². The molecule has 3 amide bonds. The minimum Gasteiger partial charge on any atom is -0.489 e. The van der Waals surface area contributed by atoms with E-state index < -0.39 is 23.5 Å². The quantitative estimate of drug-likeness (QED) is 0.345. The number of nitrogens with one attached hydrogen (secondary N) is 3. The minimum atomic E-state index is -4.69. The van der Waals surface area contributed by atoms with Crippen molar-refractivity contribution in [2.24, 2.45) is 5.92 Å². The second-order valence-corrected chi connectivity index (χ2v) is 9.18. The number of carbonyl (C=O) groups excluding carboxylic acids is 3. The van der Waals surface area contributed by atoms with Gasteiger partial charge in [-0.05, 0) is 44.9 Å². The van der Waals surface area contributed by atoms with E-state index in [4.69, 9.17) is 4.74 Å². The van der Waals surface area contributed by atoms with E-state index in [1.165, 1.54) is 10.7 Å². The number of hydrogen-bond donors (Lipinski definition) is 3. The highest BCUT2D eigenvalue weighted by Crippen LogP contribution is 2.32. The molecule has 202 valence electrons. The van der Waals surface area contributed by atoms with Crippen molar-refractivity contribution in [2.45, 2.75) is 45.5 Å². The van der Waals surface area contributed by atoms with Gasteiger partial charge in [0.1, 0.15) is 23.7 Å². The van der Waals surface area contributed by atoms with Crippen LogP contribution in [0.25, 0.3) is 10.9 Å². The van der Waals surface area contributed by atoms with E-state index in [-0.39, 0.29) is 48.4 Å². The fraction of sp³-hybridized carbons (Fsp3) is 0.400. The Morgan fingerprint density at radius 1 is 1.13 bits per heavy atom. The van der Waals surface area contributed by atoms with Crippen molar-refractivity contribution in [2.75, 3.05) is 18.4 Å². The highest BCUT2D eigenvalue weighted by atomic mass is 19.4. The van der Waals surface area contributed by atoms with Crippen LogP contribution in [0, 0.1) is 5.92 Å². The van der Waals surface area contributed by atoms with Crippen LogP contribution in [-0.4, -0.2) is 51.7 Å². The van der Waals surface area contributed by atoms with Gasteiger partial charge in [0.25, 0.3) is 5.91 Å². The summed E-state index contributed by atoms with van der Waals surface area (Å²) in [6, 6.07) is 6.21. The molecule has 3 N–H and O–H groups in total. The van der Waals surface area contributed by atoms with Gasteiger partial charge in [0, 0.05) is 36.7 Å². The van der Waals surface area contributed by atoms with Crippen LogP contribution in [0.15, 0.2) is 36.5 Å². The Labute approximate surface area is 215 Å². The van der Waals surface area contributed by atoms with Crippen molar-refractivity contribution in [3.8, 4) is 5.75 Å². The zero-order valence-electron chi connectivity index (χ0n) is 20.8. The third-order valence-corrected chi connectivity index (χ3v) is 5.54. The van der Waals surface area contributed by atoms with Crippen LogP contribution >= 0.6 is 0 Å². The van der Waals surface area contributed by atoms with Crippen LogP contribution in [0.5, 0.6) is 5.75 Å². The fourth-order valence-corrected chi connectivity index (χ4v) is 3.62. The number of rotatable bonds is 10. The lowest BCUT2D eigenvalue weighted by Crippen LogP contribution is -2.36. The van der Waals surface area contributed by atoms with Crippen molar-refractivity contribution in [3.05, 3.63) is 47.9 Å². The number of alkyl halides is 3. The third kappa shape index (κ3) is 6.99. The molecule has 1 aliphatic rings. The molecule has 0 bridgehead atoms. The van der Waals surface area contributed by atoms with Crippen LogP contribution in [0.3, 0.4) is 0 Å². The van der Waals surface area contributed by atoms with Gasteiger partial charge in [0.15, 0.2) is 0 Å². The Hall–Kier alpha value is -4.16. The van der Waals surface area contributed by atoms with Crippen LogP contribution in [0.2, 0.25) is 0 Å². The molecule has 2 heterocycles. The summed E-state index contributed by atoms with van der Waals surface area (Å²) in [7, 11) is 0. The van der Waals surface area contributed by atoms with E-state index in [0.29, 0.717) is 17.4 Å². The molecule has 10 nitrogen and oxygen atoms in total. The number of aromatic nitrogens is 3. The molecule has 1 aliphatic carbocycles. The lowest BCUT2D eigenvalue weighted by molar-refractivity contribution is -0.141. The Balaban J connectivity index is 1.46. The zero-order chi connectivity index (χ0) is 27.4. The molecule has 38 heavy (non-hydrogen) atoms. The van der Waals surface area contributed by atoms with E-state index in [0.717, 1.165) is 25.0 Å². The van der Waals surface area contributed by atoms with E-state index in [9.17, 15) is 27.6 Å². The fourth-order valence-electron chi connectivity index (χ4n) is 3.62. The topological polar surface area (TPSA) is 127 Å². The van der Waals surface area contributed by atoms with Crippen LogP contribution < -0.4 is 20.7 Å². The Kier molecular flexibility index (Phi) is 7.83. The third-order valence-electron chi connectivity index (χ3n) is 5.54. The highest BCUT2D eigenvalue weighted by Gasteiger charge is 2.33. The molecule has 1 fully saturated rings. The van der Waals surface area contributed by atoms with E-state index in [1.54, 1.807) is 32.2 Å². The standard InChI is InChI=1S/C25H27F3N6O4/c1-14(2)38-20-11-18-16(10-19(20)32-24(37)17-4-3-5-21(31-17)25(26,27)28)12-34(33-18)13-22(35)29-8-9-30-23(36)15-6-7-15/h3-5,10-12,14-15H,6-9,13H2,1-2H3,(H,29,35)(H,30,36)(H,32,37). The summed E-state index contributed by atoms with van der Waals surface area (Å²) in [4.78, 5) is 40.1. The van der Waals surface area contributed by atoms with Crippen molar-refractivity contribution >= 4 is 34.3 Å². The predicted molar refractivity (Wildman–Crippen MR) is 131 cm³/mol.